The third-order valence-corrected chi connectivity index (χ3v) is 3.70. The molecule has 1 heterocycles. The van der Waals surface area contributed by atoms with Crippen LogP contribution in [0.4, 0.5) is 5.95 Å². The predicted octanol–water partition coefficient (Wildman–Crippen LogP) is 1.23. The summed E-state index contributed by atoms with van der Waals surface area (Å²) in [6.45, 7) is 3.67. The number of rotatable bonds is 4. The number of aromatic amines is 1. The zero-order valence-corrected chi connectivity index (χ0v) is 11.6. The van der Waals surface area contributed by atoms with Gasteiger partial charge in [0.05, 0.1) is 12.0 Å². The van der Waals surface area contributed by atoms with Gasteiger partial charge in [0.1, 0.15) is 0 Å². The van der Waals surface area contributed by atoms with Crippen molar-refractivity contribution in [2.24, 2.45) is 0 Å². The largest absolute Gasteiger partial charge is 0.466 e. The maximum atomic E-state index is 12.2. The SMILES string of the molecule is COc1n[nH]c(NS(=O)(=O)c2cc(C)cc(C)c2)n1. The topological polar surface area (TPSA) is 97.0 Å². The highest BCUT2D eigenvalue weighted by molar-refractivity contribution is 7.92. The van der Waals surface area contributed by atoms with E-state index in [0.717, 1.165) is 11.1 Å². The van der Waals surface area contributed by atoms with Gasteiger partial charge in [-0.1, -0.05) is 6.07 Å². The molecule has 0 bridgehead atoms. The van der Waals surface area contributed by atoms with Crippen molar-refractivity contribution >= 4 is 16.0 Å². The normalized spacial score (nSPS) is 11.3. The lowest BCUT2D eigenvalue weighted by molar-refractivity contribution is 0.382. The summed E-state index contributed by atoms with van der Waals surface area (Å²) < 4.78 is 31.4. The summed E-state index contributed by atoms with van der Waals surface area (Å²) in [5.74, 6) is 0.0102. The first-order valence-corrected chi connectivity index (χ1v) is 6.96. The Morgan fingerprint density at radius 2 is 1.84 bits per heavy atom. The van der Waals surface area contributed by atoms with Crippen LogP contribution >= 0.6 is 0 Å². The minimum Gasteiger partial charge on any atom is -0.466 e. The zero-order chi connectivity index (χ0) is 14.0. The molecule has 0 aliphatic carbocycles. The van der Waals surface area contributed by atoms with Crippen LogP contribution in [0.15, 0.2) is 23.1 Å². The molecule has 2 rings (SSSR count). The maximum absolute atomic E-state index is 12.2. The highest BCUT2D eigenvalue weighted by Gasteiger charge is 2.17. The van der Waals surface area contributed by atoms with Gasteiger partial charge in [-0.05, 0) is 37.1 Å². The molecule has 0 fully saturated rings. The van der Waals surface area contributed by atoms with E-state index in [1.165, 1.54) is 7.11 Å². The van der Waals surface area contributed by atoms with E-state index in [4.69, 9.17) is 4.74 Å². The molecule has 1 aromatic carbocycles. The van der Waals surface area contributed by atoms with Crippen molar-refractivity contribution < 1.29 is 13.2 Å². The number of sulfonamides is 1. The molecular weight excluding hydrogens is 268 g/mol. The fourth-order valence-electron chi connectivity index (χ4n) is 1.66. The molecule has 0 saturated carbocycles. The fraction of sp³-hybridized carbons (Fsp3) is 0.273. The van der Waals surface area contributed by atoms with E-state index in [1.54, 1.807) is 12.1 Å². The summed E-state index contributed by atoms with van der Waals surface area (Å²) in [5.41, 5.74) is 1.74. The molecule has 19 heavy (non-hydrogen) atoms. The summed E-state index contributed by atoms with van der Waals surface area (Å²) in [5, 5.41) is 6.10. The number of nitrogens with one attached hydrogen (secondary N) is 2. The van der Waals surface area contributed by atoms with Crippen molar-refractivity contribution in [2.75, 3.05) is 11.8 Å². The Morgan fingerprint density at radius 1 is 1.21 bits per heavy atom. The number of anilines is 1. The monoisotopic (exact) mass is 282 g/mol. The third-order valence-electron chi connectivity index (χ3n) is 2.38. The van der Waals surface area contributed by atoms with Gasteiger partial charge in [-0.3, -0.25) is 0 Å². The van der Waals surface area contributed by atoms with Crippen molar-refractivity contribution in [2.45, 2.75) is 18.7 Å². The van der Waals surface area contributed by atoms with E-state index >= 15 is 0 Å². The van der Waals surface area contributed by atoms with E-state index in [1.807, 2.05) is 19.9 Å². The average Bonchev–Trinajstić information content (AvgIpc) is 2.74. The Morgan fingerprint density at radius 3 is 2.37 bits per heavy atom. The highest BCUT2D eigenvalue weighted by Crippen LogP contribution is 2.17. The molecule has 0 amide bonds. The number of aromatic nitrogens is 3. The van der Waals surface area contributed by atoms with Crippen molar-refractivity contribution in [3.63, 3.8) is 0 Å². The van der Waals surface area contributed by atoms with Gasteiger partial charge in [-0.15, -0.1) is 5.10 Å². The molecule has 0 aliphatic heterocycles. The predicted molar refractivity (Wildman–Crippen MR) is 69.7 cm³/mol. The Bertz CT molecular complexity index is 673. The lowest BCUT2D eigenvalue weighted by Gasteiger charge is -2.07. The van der Waals surface area contributed by atoms with E-state index in [0.29, 0.717) is 0 Å². The Kier molecular flexibility index (Phi) is 3.43. The second kappa shape index (κ2) is 4.88. The molecule has 2 aromatic rings. The van der Waals surface area contributed by atoms with Crippen LogP contribution in [0.25, 0.3) is 0 Å². The minimum atomic E-state index is -3.69. The van der Waals surface area contributed by atoms with Gasteiger partial charge in [0.25, 0.3) is 10.0 Å². The molecule has 102 valence electrons. The van der Waals surface area contributed by atoms with Gasteiger partial charge < -0.3 is 4.74 Å². The quantitative estimate of drug-likeness (QED) is 0.879. The van der Waals surface area contributed by atoms with Gasteiger partial charge in [-0.25, -0.2) is 18.2 Å². The number of ether oxygens (including phenoxy) is 1. The number of aryl methyl sites for hydroxylation is 2. The number of H-pyrrole nitrogens is 1. The summed E-state index contributed by atoms with van der Waals surface area (Å²) in [6, 6.07) is 5.14. The van der Waals surface area contributed by atoms with Crippen LogP contribution in [0.5, 0.6) is 6.01 Å². The van der Waals surface area contributed by atoms with Crippen molar-refractivity contribution in [3.8, 4) is 6.01 Å². The number of hydrogen-bond donors (Lipinski definition) is 2. The van der Waals surface area contributed by atoms with Gasteiger partial charge in [0.15, 0.2) is 0 Å². The molecule has 0 spiro atoms. The zero-order valence-electron chi connectivity index (χ0n) is 10.8. The third kappa shape index (κ3) is 3.02. The van der Waals surface area contributed by atoms with Crippen LogP contribution in [0.3, 0.4) is 0 Å². The second-order valence-corrected chi connectivity index (χ2v) is 5.78. The van der Waals surface area contributed by atoms with Crippen LogP contribution in [0.1, 0.15) is 11.1 Å². The van der Waals surface area contributed by atoms with Crippen molar-refractivity contribution in [3.05, 3.63) is 29.3 Å². The minimum absolute atomic E-state index is 0.0102. The molecule has 0 atom stereocenters. The van der Waals surface area contributed by atoms with E-state index in [2.05, 4.69) is 19.9 Å². The molecule has 0 aliphatic rings. The van der Waals surface area contributed by atoms with E-state index < -0.39 is 10.0 Å². The van der Waals surface area contributed by atoms with Crippen LogP contribution in [-0.4, -0.2) is 30.7 Å². The molecule has 2 N–H and O–H groups in total. The number of hydrogen-bond acceptors (Lipinski definition) is 5. The first-order valence-electron chi connectivity index (χ1n) is 5.48. The van der Waals surface area contributed by atoms with E-state index in [-0.39, 0.29) is 16.9 Å². The van der Waals surface area contributed by atoms with Gasteiger partial charge in [-0.2, -0.15) is 4.98 Å². The van der Waals surface area contributed by atoms with Crippen LogP contribution in [0.2, 0.25) is 0 Å². The molecular formula is C11H14N4O3S. The van der Waals surface area contributed by atoms with Crippen molar-refractivity contribution in [1.29, 1.82) is 0 Å². The molecule has 8 heteroatoms. The second-order valence-electron chi connectivity index (χ2n) is 4.10. The number of methoxy groups -OCH3 is 1. The number of benzene rings is 1. The summed E-state index contributed by atoms with van der Waals surface area (Å²) >= 11 is 0. The van der Waals surface area contributed by atoms with Crippen molar-refractivity contribution in [1.82, 2.24) is 15.2 Å². The number of nitrogens with zero attached hydrogens (tertiary/aromatic N) is 2. The smallest absolute Gasteiger partial charge is 0.336 e. The van der Waals surface area contributed by atoms with Crippen LogP contribution < -0.4 is 9.46 Å². The molecule has 0 saturated heterocycles. The lowest BCUT2D eigenvalue weighted by atomic mass is 10.2. The van der Waals surface area contributed by atoms with Crippen LogP contribution in [-0.2, 0) is 10.0 Å². The van der Waals surface area contributed by atoms with Gasteiger partial charge >= 0.3 is 6.01 Å². The Hall–Kier alpha value is -2.09. The maximum Gasteiger partial charge on any atom is 0.336 e. The standard InChI is InChI=1S/C11H14N4O3S/c1-7-4-8(2)6-9(5-7)19(16,17)15-10-12-11(18-3)14-13-10/h4-6H,1-3H3,(H2,12,13,14,15). The van der Waals surface area contributed by atoms with Crippen LogP contribution in [0, 0.1) is 13.8 Å². The molecule has 7 nitrogen and oxygen atoms in total. The average molecular weight is 282 g/mol. The lowest BCUT2D eigenvalue weighted by Crippen LogP contribution is -2.14. The van der Waals surface area contributed by atoms with E-state index in [9.17, 15) is 8.42 Å². The Balaban J connectivity index is 2.31. The highest BCUT2D eigenvalue weighted by atomic mass is 32.2. The molecule has 1 aromatic heterocycles. The first kappa shape index (κ1) is 13.3. The fourth-order valence-corrected chi connectivity index (χ4v) is 2.80. The molecule has 0 unspecified atom stereocenters. The molecule has 0 radical (unpaired) electrons. The first-order chi connectivity index (χ1) is 8.90. The van der Waals surface area contributed by atoms with Gasteiger partial charge in [0.2, 0.25) is 5.95 Å². The summed E-state index contributed by atoms with van der Waals surface area (Å²) in [6.07, 6.45) is 0. The summed E-state index contributed by atoms with van der Waals surface area (Å²) in [7, 11) is -2.30. The summed E-state index contributed by atoms with van der Waals surface area (Å²) in [4.78, 5) is 3.99. The van der Waals surface area contributed by atoms with Gasteiger partial charge in [0, 0.05) is 0 Å². The Labute approximate surface area is 111 Å².